The number of nitrogens with one attached hydrogen (secondary N) is 1. The maximum Gasteiger partial charge on any atom is 0.217 e. The average Bonchev–Trinajstić information content (AvgIpc) is 2.06. The van der Waals surface area contributed by atoms with Crippen LogP contribution in [-0.2, 0) is 11.3 Å². The second kappa shape index (κ2) is 4.44. The molecule has 1 aromatic rings. The summed E-state index contributed by atoms with van der Waals surface area (Å²) in [5.74, 6) is -0.107. The lowest BCUT2D eigenvalue weighted by Crippen LogP contribution is -2.19. The Kier molecular flexibility index (Phi) is 3.51. The van der Waals surface area contributed by atoms with Crippen molar-refractivity contribution in [1.29, 1.82) is 0 Å². The summed E-state index contributed by atoms with van der Waals surface area (Å²) in [7, 11) is 0. The van der Waals surface area contributed by atoms with Gasteiger partial charge in [0.15, 0.2) is 0 Å². The van der Waals surface area contributed by atoms with Crippen molar-refractivity contribution < 1.29 is 4.79 Å². The second-order valence-corrected chi connectivity index (χ2v) is 3.30. The monoisotopic (exact) mass is 218 g/mol. The van der Waals surface area contributed by atoms with Crippen LogP contribution in [-0.4, -0.2) is 10.9 Å². The summed E-state index contributed by atoms with van der Waals surface area (Å²) >= 11 is 11.5. The van der Waals surface area contributed by atoms with E-state index in [0.717, 1.165) is 5.56 Å². The van der Waals surface area contributed by atoms with Gasteiger partial charge in [0.05, 0.1) is 5.02 Å². The molecule has 1 N–H and O–H groups in total. The Bertz CT molecular complexity index is 328. The predicted molar refractivity (Wildman–Crippen MR) is 51.8 cm³/mol. The number of carbonyl (C=O) groups excluding carboxylic acids is 1. The molecule has 5 heteroatoms. The van der Waals surface area contributed by atoms with Gasteiger partial charge in [0.1, 0.15) is 5.15 Å². The van der Waals surface area contributed by atoms with Crippen molar-refractivity contribution in [1.82, 2.24) is 10.3 Å². The number of hydrogen-bond donors (Lipinski definition) is 1. The minimum Gasteiger partial charge on any atom is -0.352 e. The van der Waals surface area contributed by atoms with Gasteiger partial charge in [-0.05, 0) is 11.6 Å². The predicted octanol–water partition coefficient (Wildman–Crippen LogP) is 2.02. The molecule has 13 heavy (non-hydrogen) atoms. The summed E-state index contributed by atoms with van der Waals surface area (Å²) in [5, 5.41) is 3.48. The smallest absolute Gasteiger partial charge is 0.217 e. The Morgan fingerprint density at radius 3 is 2.92 bits per heavy atom. The van der Waals surface area contributed by atoms with Crippen LogP contribution in [0.3, 0.4) is 0 Å². The fourth-order valence-corrected chi connectivity index (χ4v) is 1.16. The first-order valence-corrected chi connectivity index (χ1v) is 4.39. The van der Waals surface area contributed by atoms with Crippen LogP contribution in [0.2, 0.25) is 10.2 Å². The van der Waals surface area contributed by atoms with Crippen LogP contribution < -0.4 is 5.32 Å². The molecule has 0 bridgehead atoms. The van der Waals surface area contributed by atoms with Crippen LogP contribution in [0.4, 0.5) is 0 Å². The van der Waals surface area contributed by atoms with Crippen molar-refractivity contribution in [2.24, 2.45) is 0 Å². The third-order valence-electron chi connectivity index (χ3n) is 1.43. The number of pyridine rings is 1. The van der Waals surface area contributed by atoms with Gasteiger partial charge < -0.3 is 5.32 Å². The lowest BCUT2D eigenvalue weighted by Gasteiger charge is -2.04. The molecule has 1 aromatic heterocycles. The van der Waals surface area contributed by atoms with Gasteiger partial charge in [-0.25, -0.2) is 4.98 Å². The van der Waals surface area contributed by atoms with Crippen LogP contribution in [0.15, 0.2) is 12.3 Å². The molecule has 0 unspecified atom stereocenters. The van der Waals surface area contributed by atoms with E-state index in [0.29, 0.717) is 16.7 Å². The summed E-state index contributed by atoms with van der Waals surface area (Å²) < 4.78 is 0. The van der Waals surface area contributed by atoms with E-state index in [9.17, 15) is 4.79 Å². The normalized spacial score (nSPS) is 9.77. The SMILES string of the molecule is CC(=O)NCc1cc(Cl)ncc1Cl. The third kappa shape index (κ3) is 3.20. The highest BCUT2D eigenvalue weighted by Crippen LogP contribution is 2.17. The second-order valence-electron chi connectivity index (χ2n) is 2.51. The molecule has 0 fully saturated rings. The van der Waals surface area contributed by atoms with Crippen molar-refractivity contribution in [2.45, 2.75) is 13.5 Å². The number of carbonyl (C=O) groups is 1. The van der Waals surface area contributed by atoms with E-state index in [1.54, 1.807) is 6.07 Å². The van der Waals surface area contributed by atoms with Gasteiger partial charge in [0.25, 0.3) is 0 Å². The average molecular weight is 219 g/mol. The van der Waals surface area contributed by atoms with Crippen LogP contribution in [0, 0.1) is 0 Å². The molecule has 0 saturated heterocycles. The van der Waals surface area contributed by atoms with E-state index in [-0.39, 0.29) is 5.91 Å². The Morgan fingerprint density at radius 1 is 1.62 bits per heavy atom. The minimum absolute atomic E-state index is 0.107. The van der Waals surface area contributed by atoms with E-state index in [2.05, 4.69) is 10.3 Å². The van der Waals surface area contributed by atoms with Gasteiger partial charge in [-0.1, -0.05) is 23.2 Å². The number of aromatic nitrogens is 1. The van der Waals surface area contributed by atoms with E-state index < -0.39 is 0 Å². The molecule has 70 valence electrons. The van der Waals surface area contributed by atoms with Crippen molar-refractivity contribution in [2.75, 3.05) is 0 Å². The molecule has 0 aliphatic rings. The number of hydrogen-bond acceptors (Lipinski definition) is 2. The number of rotatable bonds is 2. The topological polar surface area (TPSA) is 42.0 Å². The van der Waals surface area contributed by atoms with Gasteiger partial charge in [-0.2, -0.15) is 0 Å². The van der Waals surface area contributed by atoms with Gasteiger partial charge in [-0.3, -0.25) is 4.79 Å². The van der Waals surface area contributed by atoms with E-state index in [1.165, 1.54) is 13.1 Å². The van der Waals surface area contributed by atoms with Crippen LogP contribution >= 0.6 is 23.2 Å². The fourth-order valence-electron chi connectivity index (χ4n) is 0.806. The summed E-state index contributed by atoms with van der Waals surface area (Å²) in [5.41, 5.74) is 0.761. The Labute approximate surface area is 86.1 Å². The zero-order chi connectivity index (χ0) is 9.84. The Morgan fingerprint density at radius 2 is 2.31 bits per heavy atom. The van der Waals surface area contributed by atoms with Crippen LogP contribution in [0.5, 0.6) is 0 Å². The molecule has 0 saturated carbocycles. The molecule has 0 radical (unpaired) electrons. The number of nitrogens with zero attached hydrogens (tertiary/aromatic N) is 1. The van der Waals surface area contributed by atoms with Crippen molar-refractivity contribution in [3.8, 4) is 0 Å². The molecular formula is C8H8Cl2N2O. The first-order valence-electron chi connectivity index (χ1n) is 3.64. The Balaban J connectivity index is 2.75. The van der Waals surface area contributed by atoms with Crippen molar-refractivity contribution in [3.63, 3.8) is 0 Å². The fraction of sp³-hybridized carbons (Fsp3) is 0.250. The van der Waals surface area contributed by atoms with Gasteiger partial charge in [0.2, 0.25) is 5.91 Å². The zero-order valence-corrected chi connectivity index (χ0v) is 8.49. The maximum atomic E-state index is 10.6. The summed E-state index contributed by atoms with van der Waals surface area (Å²) in [6.07, 6.45) is 1.46. The highest BCUT2D eigenvalue weighted by molar-refractivity contribution is 6.32. The molecule has 0 aliphatic heterocycles. The highest BCUT2D eigenvalue weighted by atomic mass is 35.5. The number of halogens is 2. The molecule has 1 rings (SSSR count). The first-order chi connectivity index (χ1) is 6.09. The summed E-state index contributed by atoms with van der Waals surface area (Å²) in [6.45, 7) is 1.81. The molecule has 0 aliphatic carbocycles. The molecule has 0 atom stereocenters. The third-order valence-corrected chi connectivity index (χ3v) is 1.98. The maximum absolute atomic E-state index is 10.6. The lowest BCUT2D eigenvalue weighted by atomic mass is 10.2. The summed E-state index contributed by atoms with van der Waals surface area (Å²) in [4.78, 5) is 14.4. The first kappa shape index (κ1) is 10.3. The highest BCUT2D eigenvalue weighted by Gasteiger charge is 2.02. The lowest BCUT2D eigenvalue weighted by molar-refractivity contribution is -0.119. The van der Waals surface area contributed by atoms with Gasteiger partial charge in [0, 0.05) is 19.7 Å². The molecule has 1 amide bonds. The van der Waals surface area contributed by atoms with Crippen LogP contribution in [0.25, 0.3) is 0 Å². The van der Waals surface area contributed by atoms with E-state index >= 15 is 0 Å². The Hall–Kier alpha value is -0.800. The van der Waals surface area contributed by atoms with Gasteiger partial charge in [-0.15, -0.1) is 0 Å². The largest absolute Gasteiger partial charge is 0.352 e. The number of amides is 1. The molecule has 0 aromatic carbocycles. The standard InChI is InChI=1S/C8H8Cl2N2O/c1-5(13)11-3-6-2-8(10)12-4-7(6)9/h2,4H,3H2,1H3,(H,11,13). The molecular weight excluding hydrogens is 211 g/mol. The van der Waals surface area contributed by atoms with E-state index in [1.807, 2.05) is 0 Å². The molecule has 1 heterocycles. The van der Waals surface area contributed by atoms with Gasteiger partial charge >= 0.3 is 0 Å². The van der Waals surface area contributed by atoms with Crippen molar-refractivity contribution in [3.05, 3.63) is 28.0 Å². The quantitative estimate of drug-likeness (QED) is 0.773. The van der Waals surface area contributed by atoms with Crippen molar-refractivity contribution >= 4 is 29.1 Å². The minimum atomic E-state index is -0.107. The zero-order valence-electron chi connectivity index (χ0n) is 6.97. The summed E-state index contributed by atoms with van der Waals surface area (Å²) in [6, 6.07) is 1.62. The molecule has 0 spiro atoms. The molecule has 3 nitrogen and oxygen atoms in total. The van der Waals surface area contributed by atoms with Crippen LogP contribution in [0.1, 0.15) is 12.5 Å². The van der Waals surface area contributed by atoms with E-state index in [4.69, 9.17) is 23.2 Å².